The molecule has 74 valence electrons. The number of carbonyl (C=O) groups is 1. The smallest absolute Gasteiger partial charge is 0.321 e. The van der Waals surface area contributed by atoms with Crippen LogP contribution in [0.25, 0.3) is 0 Å². The first-order valence-corrected chi connectivity index (χ1v) is 4.90. The Bertz CT molecular complexity index is 193. The number of hydrogen-bond acceptors (Lipinski definition) is 1. The lowest BCUT2D eigenvalue weighted by Crippen LogP contribution is -2.42. The first-order valence-electron chi connectivity index (χ1n) is 4.90. The molecule has 0 radical (unpaired) electrons. The Kier molecular flexibility index (Phi) is 3.80. The Morgan fingerprint density at radius 1 is 1.46 bits per heavy atom. The lowest BCUT2D eigenvalue weighted by atomic mass is 10.00. The van der Waals surface area contributed by atoms with Crippen LogP contribution in [0.2, 0.25) is 0 Å². The van der Waals surface area contributed by atoms with Crippen molar-refractivity contribution in [3.8, 4) is 0 Å². The van der Waals surface area contributed by atoms with Crippen molar-refractivity contribution in [2.24, 2.45) is 5.92 Å². The van der Waals surface area contributed by atoms with E-state index in [0.29, 0.717) is 0 Å². The molecule has 0 spiro atoms. The molecule has 0 aliphatic carbocycles. The molecule has 1 N–H and O–H groups in total. The number of amides is 2. The number of allylic oxidation sites excluding steroid dienone is 1. The summed E-state index contributed by atoms with van der Waals surface area (Å²) in [6.45, 7) is 5.91. The van der Waals surface area contributed by atoms with Gasteiger partial charge < -0.3 is 10.2 Å². The van der Waals surface area contributed by atoms with E-state index in [0.717, 1.165) is 31.8 Å². The molecular formula is C10H18N2O. The van der Waals surface area contributed by atoms with Gasteiger partial charge in [0.05, 0.1) is 0 Å². The van der Waals surface area contributed by atoms with Crippen LogP contribution in [-0.4, -0.2) is 24.0 Å². The van der Waals surface area contributed by atoms with E-state index in [9.17, 15) is 4.79 Å². The van der Waals surface area contributed by atoms with Crippen LogP contribution >= 0.6 is 0 Å². The fourth-order valence-electron chi connectivity index (χ4n) is 1.46. The Morgan fingerprint density at radius 2 is 2.08 bits per heavy atom. The number of likely N-dealkylation sites (tertiary alicyclic amines) is 1. The molecule has 1 fully saturated rings. The van der Waals surface area contributed by atoms with Gasteiger partial charge in [0.1, 0.15) is 0 Å². The van der Waals surface area contributed by atoms with Crippen LogP contribution in [-0.2, 0) is 0 Å². The third kappa shape index (κ3) is 3.09. The molecule has 1 aliphatic rings. The van der Waals surface area contributed by atoms with Crippen molar-refractivity contribution in [3.63, 3.8) is 0 Å². The van der Waals surface area contributed by atoms with E-state index in [1.807, 2.05) is 17.9 Å². The highest BCUT2D eigenvalue weighted by Crippen LogP contribution is 2.15. The minimum atomic E-state index is 0.0324. The lowest BCUT2D eigenvalue weighted by Gasteiger charge is -2.29. The summed E-state index contributed by atoms with van der Waals surface area (Å²) in [6.07, 6.45) is 5.76. The minimum Gasteiger partial charge on any atom is -0.325 e. The van der Waals surface area contributed by atoms with Crippen molar-refractivity contribution in [1.29, 1.82) is 0 Å². The second kappa shape index (κ2) is 4.90. The number of nitrogens with zero attached hydrogens (tertiary/aromatic N) is 1. The van der Waals surface area contributed by atoms with Crippen LogP contribution in [0.15, 0.2) is 12.3 Å². The fraction of sp³-hybridized carbons (Fsp3) is 0.700. The SMILES string of the molecule is C/C=C/NC(=O)N1CCC(C)CC1. The molecule has 0 bridgehead atoms. The third-order valence-electron chi connectivity index (χ3n) is 2.44. The van der Waals surface area contributed by atoms with Gasteiger partial charge in [-0.05, 0) is 25.7 Å². The molecule has 3 heteroatoms. The van der Waals surface area contributed by atoms with Crippen LogP contribution in [0.3, 0.4) is 0 Å². The second-order valence-corrected chi connectivity index (χ2v) is 3.62. The maximum absolute atomic E-state index is 11.4. The topological polar surface area (TPSA) is 32.3 Å². The van der Waals surface area contributed by atoms with Gasteiger partial charge in [-0.3, -0.25) is 0 Å². The zero-order valence-electron chi connectivity index (χ0n) is 8.42. The van der Waals surface area contributed by atoms with E-state index in [-0.39, 0.29) is 6.03 Å². The number of piperidine rings is 1. The summed E-state index contributed by atoms with van der Waals surface area (Å²) in [6, 6.07) is 0.0324. The predicted molar refractivity (Wildman–Crippen MR) is 53.3 cm³/mol. The van der Waals surface area contributed by atoms with E-state index in [4.69, 9.17) is 0 Å². The Labute approximate surface area is 79.8 Å². The summed E-state index contributed by atoms with van der Waals surface area (Å²) in [5.41, 5.74) is 0. The van der Waals surface area contributed by atoms with E-state index in [1.165, 1.54) is 0 Å². The van der Waals surface area contributed by atoms with Crippen LogP contribution in [0, 0.1) is 5.92 Å². The number of urea groups is 1. The Morgan fingerprint density at radius 3 is 2.62 bits per heavy atom. The monoisotopic (exact) mass is 182 g/mol. The van der Waals surface area contributed by atoms with Crippen molar-refractivity contribution in [2.45, 2.75) is 26.7 Å². The molecule has 1 aliphatic heterocycles. The fourth-order valence-corrected chi connectivity index (χ4v) is 1.46. The summed E-state index contributed by atoms with van der Waals surface area (Å²) in [4.78, 5) is 13.3. The summed E-state index contributed by atoms with van der Waals surface area (Å²) >= 11 is 0. The van der Waals surface area contributed by atoms with Gasteiger partial charge in [-0.25, -0.2) is 4.79 Å². The molecule has 0 aromatic carbocycles. The molecule has 0 aromatic rings. The molecule has 0 atom stereocenters. The minimum absolute atomic E-state index is 0.0324. The van der Waals surface area contributed by atoms with Crippen LogP contribution in [0.4, 0.5) is 4.79 Å². The molecule has 0 saturated carbocycles. The number of rotatable bonds is 1. The van der Waals surface area contributed by atoms with Crippen molar-refractivity contribution in [2.75, 3.05) is 13.1 Å². The van der Waals surface area contributed by atoms with Gasteiger partial charge in [0, 0.05) is 19.3 Å². The Hall–Kier alpha value is -0.990. The van der Waals surface area contributed by atoms with Gasteiger partial charge in [0.15, 0.2) is 0 Å². The van der Waals surface area contributed by atoms with Crippen LogP contribution in [0.1, 0.15) is 26.7 Å². The molecule has 1 saturated heterocycles. The highest BCUT2D eigenvalue weighted by atomic mass is 16.2. The van der Waals surface area contributed by atoms with Gasteiger partial charge in [-0.15, -0.1) is 0 Å². The predicted octanol–water partition coefficient (Wildman–Crippen LogP) is 1.96. The summed E-state index contributed by atoms with van der Waals surface area (Å²) in [5.74, 6) is 0.769. The zero-order chi connectivity index (χ0) is 9.68. The molecule has 1 rings (SSSR count). The second-order valence-electron chi connectivity index (χ2n) is 3.62. The summed E-state index contributed by atoms with van der Waals surface area (Å²) in [7, 11) is 0. The number of nitrogens with one attached hydrogen (secondary N) is 1. The number of carbonyl (C=O) groups excluding carboxylic acids is 1. The molecular weight excluding hydrogens is 164 g/mol. The maximum atomic E-state index is 11.4. The van der Waals surface area contributed by atoms with Crippen molar-refractivity contribution >= 4 is 6.03 Å². The van der Waals surface area contributed by atoms with Gasteiger partial charge in [-0.1, -0.05) is 13.0 Å². The van der Waals surface area contributed by atoms with Crippen LogP contribution in [0.5, 0.6) is 0 Å². The molecule has 13 heavy (non-hydrogen) atoms. The van der Waals surface area contributed by atoms with Gasteiger partial charge in [0.2, 0.25) is 0 Å². The standard InChI is InChI=1S/C10H18N2O/c1-3-6-11-10(13)12-7-4-9(2)5-8-12/h3,6,9H,4-5,7-8H2,1-2H3,(H,11,13)/b6-3+. The average molecular weight is 182 g/mol. The van der Waals surface area contributed by atoms with Gasteiger partial charge in [-0.2, -0.15) is 0 Å². The third-order valence-corrected chi connectivity index (χ3v) is 2.44. The lowest BCUT2D eigenvalue weighted by molar-refractivity contribution is 0.177. The van der Waals surface area contributed by atoms with Gasteiger partial charge in [0.25, 0.3) is 0 Å². The maximum Gasteiger partial charge on any atom is 0.321 e. The molecule has 0 unspecified atom stereocenters. The van der Waals surface area contributed by atoms with Crippen molar-refractivity contribution in [3.05, 3.63) is 12.3 Å². The molecule has 0 aromatic heterocycles. The molecule has 3 nitrogen and oxygen atoms in total. The molecule has 1 heterocycles. The van der Waals surface area contributed by atoms with Crippen molar-refractivity contribution < 1.29 is 4.79 Å². The number of hydrogen-bond donors (Lipinski definition) is 1. The van der Waals surface area contributed by atoms with Crippen molar-refractivity contribution in [1.82, 2.24) is 10.2 Å². The van der Waals surface area contributed by atoms with Crippen LogP contribution < -0.4 is 5.32 Å². The zero-order valence-corrected chi connectivity index (χ0v) is 8.42. The van der Waals surface area contributed by atoms with E-state index < -0.39 is 0 Å². The van der Waals surface area contributed by atoms with E-state index in [1.54, 1.807) is 6.20 Å². The highest BCUT2D eigenvalue weighted by molar-refractivity contribution is 5.75. The largest absolute Gasteiger partial charge is 0.325 e. The molecule has 2 amide bonds. The normalized spacial score (nSPS) is 19.4. The van der Waals surface area contributed by atoms with E-state index >= 15 is 0 Å². The Balaban J connectivity index is 2.31. The van der Waals surface area contributed by atoms with E-state index in [2.05, 4.69) is 12.2 Å². The first kappa shape index (κ1) is 10.1. The summed E-state index contributed by atoms with van der Waals surface area (Å²) < 4.78 is 0. The summed E-state index contributed by atoms with van der Waals surface area (Å²) in [5, 5.41) is 2.72. The average Bonchev–Trinajstić information content (AvgIpc) is 2.15. The highest BCUT2D eigenvalue weighted by Gasteiger charge is 2.18. The first-order chi connectivity index (χ1) is 6.24. The van der Waals surface area contributed by atoms with Gasteiger partial charge >= 0.3 is 6.03 Å². The quantitative estimate of drug-likeness (QED) is 0.660.